The van der Waals surface area contributed by atoms with E-state index in [0.29, 0.717) is 0 Å². The van der Waals surface area contributed by atoms with Gasteiger partial charge in [-0.25, -0.2) is 14.8 Å². The maximum Gasteiger partial charge on any atom is 0.407 e. The number of piperidine rings is 1. The standard InChI is InChI=1S/C17H24N4O2S2/c1-17(2,3)23-16(22)20-11-5-7-21(8-6-11)15-14-13(18-10-19-15)12(24-4)9-25-14/h9-11H,5-8H2,1-4H3,(H,20,22). The van der Waals surface area contributed by atoms with Gasteiger partial charge in [0.25, 0.3) is 0 Å². The third-order valence-electron chi connectivity index (χ3n) is 4.04. The van der Waals surface area contributed by atoms with E-state index >= 15 is 0 Å². The lowest BCUT2D eigenvalue weighted by Gasteiger charge is -2.33. The molecule has 1 N–H and O–H groups in total. The molecule has 3 rings (SSSR count). The molecule has 1 fully saturated rings. The van der Waals surface area contributed by atoms with Gasteiger partial charge in [0.05, 0.1) is 4.70 Å². The van der Waals surface area contributed by atoms with Crippen LogP contribution in [0, 0.1) is 0 Å². The van der Waals surface area contributed by atoms with Crippen LogP contribution in [0.3, 0.4) is 0 Å². The van der Waals surface area contributed by atoms with E-state index in [1.54, 1.807) is 29.4 Å². The van der Waals surface area contributed by atoms with E-state index < -0.39 is 5.60 Å². The number of ether oxygens (including phenoxy) is 1. The minimum absolute atomic E-state index is 0.147. The van der Waals surface area contributed by atoms with Gasteiger partial charge in [-0.15, -0.1) is 23.1 Å². The van der Waals surface area contributed by atoms with Crippen LogP contribution in [0.15, 0.2) is 16.6 Å². The summed E-state index contributed by atoms with van der Waals surface area (Å²) in [7, 11) is 0. The van der Waals surface area contributed by atoms with E-state index in [9.17, 15) is 4.79 Å². The summed E-state index contributed by atoms with van der Waals surface area (Å²) < 4.78 is 6.48. The van der Waals surface area contributed by atoms with Crippen LogP contribution in [-0.4, -0.2) is 47.0 Å². The minimum atomic E-state index is -0.467. The number of hydrogen-bond donors (Lipinski definition) is 1. The summed E-state index contributed by atoms with van der Waals surface area (Å²) >= 11 is 3.41. The lowest BCUT2D eigenvalue weighted by molar-refractivity contribution is 0.0497. The molecule has 1 aliphatic heterocycles. The number of rotatable bonds is 3. The van der Waals surface area contributed by atoms with Crippen molar-refractivity contribution in [3.63, 3.8) is 0 Å². The van der Waals surface area contributed by atoms with Crippen molar-refractivity contribution in [2.45, 2.75) is 50.2 Å². The predicted molar refractivity (Wildman–Crippen MR) is 104 cm³/mol. The number of aromatic nitrogens is 2. The van der Waals surface area contributed by atoms with E-state index in [4.69, 9.17) is 4.74 Å². The highest BCUT2D eigenvalue weighted by atomic mass is 32.2. The zero-order chi connectivity index (χ0) is 18.0. The maximum absolute atomic E-state index is 11.9. The molecule has 0 atom stereocenters. The van der Waals surface area contributed by atoms with Crippen molar-refractivity contribution in [1.29, 1.82) is 0 Å². The molecular formula is C17H24N4O2S2. The zero-order valence-electron chi connectivity index (χ0n) is 15.0. The molecule has 0 bridgehead atoms. The highest BCUT2D eigenvalue weighted by Crippen LogP contribution is 2.36. The summed E-state index contributed by atoms with van der Waals surface area (Å²) in [6, 6.07) is 0.147. The molecule has 2 aromatic heterocycles. The van der Waals surface area contributed by atoms with Crippen molar-refractivity contribution < 1.29 is 9.53 Å². The van der Waals surface area contributed by atoms with Crippen LogP contribution in [0.4, 0.5) is 10.6 Å². The second kappa shape index (κ2) is 7.37. The van der Waals surface area contributed by atoms with Crippen molar-refractivity contribution in [2.24, 2.45) is 0 Å². The quantitative estimate of drug-likeness (QED) is 0.815. The molecule has 0 aliphatic carbocycles. The Morgan fingerprint density at radius 3 is 2.72 bits per heavy atom. The number of amides is 1. The Kier molecular flexibility index (Phi) is 5.38. The van der Waals surface area contributed by atoms with Crippen molar-refractivity contribution in [1.82, 2.24) is 15.3 Å². The summed E-state index contributed by atoms with van der Waals surface area (Å²) in [4.78, 5) is 24.4. The third kappa shape index (κ3) is 4.36. The van der Waals surface area contributed by atoms with Crippen molar-refractivity contribution >= 4 is 45.2 Å². The van der Waals surface area contributed by atoms with Gasteiger partial charge < -0.3 is 15.0 Å². The number of carbonyl (C=O) groups is 1. The van der Waals surface area contributed by atoms with Crippen LogP contribution >= 0.6 is 23.1 Å². The molecule has 25 heavy (non-hydrogen) atoms. The van der Waals surface area contributed by atoms with Crippen LogP contribution in [0.1, 0.15) is 33.6 Å². The van der Waals surface area contributed by atoms with Crippen LogP contribution in [-0.2, 0) is 4.74 Å². The van der Waals surface area contributed by atoms with Crippen LogP contribution in [0.25, 0.3) is 10.2 Å². The highest BCUT2D eigenvalue weighted by Gasteiger charge is 2.25. The molecule has 1 aliphatic rings. The fourth-order valence-corrected chi connectivity index (χ4v) is 4.74. The van der Waals surface area contributed by atoms with Gasteiger partial charge in [-0.2, -0.15) is 0 Å². The first-order chi connectivity index (χ1) is 11.9. The van der Waals surface area contributed by atoms with E-state index in [-0.39, 0.29) is 12.1 Å². The number of carbonyl (C=O) groups excluding carboxylic acids is 1. The molecule has 0 saturated carbocycles. The number of nitrogens with zero attached hydrogens (tertiary/aromatic N) is 3. The molecule has 1 saturated heterocycles. The topological polar surface area (TPSA) is 67.4 Å². The fourth-order valence-electron chi connectivity index (χ4n) is 2.90. The first-order valence-corrected chi connectivity index (χ1v) is 10.5. The summed E-state index contributed by atoms with van der Waals surface area (Å²) in [6.45, 7) is 7.34. The Labute approximate surface area is 156 Å². The fraction of sp³-hybridized carbons (Fsp3) is 0.588. The van der Waals surface area contributed by atoms with Gasteiger partial charge in [-0.1, -0.05) is 0 Å². The van der Waals surface area contributed by atoms with Crippen molar-refractivity contribution in [2.75, 3.05) is 24.2 Å². The predicted octanol–water partition coefficient (Wildman–Crippen LogP) is 3.91. The largest absolute Gasteiger partial charge is 0.444 e. The second-order valence-corrected chi connectivity index (χ2v) is 8.81. The maximum atomic E-state index is 11.9. The summed E-state index contributed by atoms with van der Waals surface area (Å²) in [5, 5.41) is 5.12. The highest BCUT2D eigenvalue weighted by molar-refractivity contribution is 7.99. The molecule has 136 valence electrons. The smallest absolute Gasteiger partial charge is 0.407 e. The third-order valence-corrected chi connectivity index (χ3v) is 5.90. The summed E-state index contributed by atoms with van der Waals surface area (Å²) in [5.74, 6) is 1.01. The molecule has 1 amide bonds. The summed E-state index contributed by atoms with van der Waals surface area (Å²) in [5.41, 5.74) is 0.572. The summed E-state index contributed by atoms with van der Waals surface area (Å²) in [6.07, 6.45) is 5.14. The van der Waals surface area contributed by atoms with Gasteiger partial charge in [-0.3, -0.25) is 0 Å². The van der Waals surface area contributed by atoms with Crippen LogP contribution in [0.2, 0.25) is 0 Å². The molecule has 0 unspecified atom stereocenters. The molecule has 8 heteroatoms. The molecule has 0 radical (unpaired) electrons. The van der Waals surface area contributed by atoms with E-state index in [1.165, 1.54) is 4.90 Å². The first kappa shape index (κ1) is 18.3. The Bertz CT molecular complexity index is 749. The molecule has 3 heterocycles. The minimum Gasteiger partial charge on any atom is -0.444 e. The van der Waals surface area contributed by atoms with Gasteiger partial charge in [0.15, 0.2) is 0 Å². The van der Waals surface area contributed by atoms with Gasteiger partial charge >= 0.3 is 6.09 Å². The van der Waals surface area contributed by atoms with Gasteiger partial charge in [0.1, 0.15) is 23.3 Å². The number of thiophene rings is 1. The SMILES string of the molecule is CSc1csc2c(N3CCC(NC(=O)OC(C)(C)C)CC3)ncnc12. The van der Waals surface area contributed by atoms with Gasteiger partial charge in [-0.05, 0) is 39.9 Å². The number of fused-ring (bicyclic) bond motifs is 1. The van der Waals surface area contributed by atoms with E-state index in [0.717, 1.165) is 42.0 Å². The number of alkyl carbamates (subject to hydrolysis) is 1. The van der Waals surface area contributed by atoms with Gasteiger partial charge in [0, 0.05) is 29.4 Å². The van der Waals surface area contributed by atoms with Crippen molar-refractivity contribution in [3.05, 3.63) is 11.7 Å². The molecule has 2 aromatic rings. The van der Waals surface area contributed by atoms with Crippen LogP contribution in [0.5, 0.6) is 0 Å². The number of hydrogen-bond acceptors (Lipinski definition) is 7. The number of nitrogens with one attached hydrogen (secondary N) is 1. The van der Waals surface area contributed by atoms with Crippen LogP contribution < -0.4 is 10.2 Å². The van der Waals surface area contributed by atoms with Crippen molar-refractivity contribution in [3.8, 4) is 0 Å². The van der Waals surface area contributed by atoms with E-state index in [1.807, 2.05) is 20.8 Å². The number of thioether (sulfide) groups is 1. The lowest BCUT2D eigenvalue weighted by Crippen LogP contribution is -2.46. The Hall–Kier alpha value is -1.54. The average molecular weight is 381 g/mol. The Morgan fingerprint density at radius 2 is 2.08 bits per heavy atom. The monoisotopic (exact) mass is 380 g/mol. The molecule has 6 nitrogen and oxygen atoms in total. The van der Waals surface area contributed by atoms with E-state index in [2.05, 4.69) is 31.8 Å². The Morgan fingerprint density at radius 1 is 1.36 bits per heavy atom. The number of anilines is 1. The normalized spacial score (nSPS) is 16.2. The molecule has 0 aromatic carbocycles. The first-order valence-electron chi connectivity index (χ1n) is 8.38. The Balaban J connectivity index is 1.63. The lowest BCUT2D eigenvalue weighted by atomic mass is 10.1. The average Bonchev–Trinajstić information content (AvgIpc) is 2.97. The second-order valence-electron chi connectivity index (χ2n) is 7.09. The molecular weight excluding hydrogens is 356 g/mol. The van der Waals surface area contributed by atoms with Gasteiger partial charge in [0.2, 0.25) is 0 Å². The zero-order valence-corrected chi connectivity index (χ0v) is 16.7. The molecule has 0 spiro atoms.